The van der Waals surface area contributed by atoms with Crippen LogP contribution in [-0.2, 0) is 19.6 Å². The Kier molecular flexibility index (Phi) is 5.35. The normalized spacial score (nSPS) is 25.5. The van der Waals surface area contributed by atoms with Gasteiger partial charge in [0, 0.05) is 5.75 Å². The van der Waals surface area contributed by atoms with Crippen molar-refractivity contribution in [2.45, 2.75) is 38.2 Å². The van der Waals surface area contributed by atoms with Gasteiger partial charge in [0.05, 0.1) is 28.7 Å². The van der Waals surface area contributed by atoms with Crippen LogP contribution in [0.4, 0.5) is 0 Å². The first-order chi connectivity index (χ1) is 7.88. The van der Waals surface area contributed by atoms with E-state index in [0.717, 1.165) is 0 Å². The lowest BCUT2D eigenvalue weighted by molar-refractivity contribution is -0.150. The molecule has 1 aliphatic rings. The molecule has 7 heteroatoms. The molecule has 0 bridgehead atoms. The summed E-state index contributed by atoms with van der Waals surface area (Å²) in [6.45, 7) is -0.0423. The molecule has 1 N–H and O–H groups in total. The maximum absolute atomic E-state index is 11.5. The minimum atomic E-state index is -4.23. The van der Waals surface area contributed by atoms with Crippen LogP contribution in [0, 0.1) is 5.92 Å². The molecular formula is C10H17O6S-. The van der Waals surface area contributed by atoms with Crippen molar-refractivity contribution in [1.82, 2.24) is 0 Å². The van der Waals surface area contributed by atoms with Crippen LogP contribution in [0.2, 0.25) is 0 Å². The summed E-state index contributed by atoms with van der Waals surface area (Å²) < 4.78 is 35.8. The number of rotatable bonds is 5. The largest absolute Gasteiger partial charge is 0.748 e. The summed E-state index contributed by atoms with van der Waals surface area (Å²) in [5.41, 5.74) is 0. The van der Waals surface area contributed by atoms with E-state index in [1.54, 1.807) is 0 Å². The van der Waals surface area contributed by atoms with Gasteiger partial charge in [-0.2, -0.15) is 0 Å². The Hall–Kier alpha value is -0.660. The molecule has 0 heterocycles. The average molecular weight is 265 g/mol. The fraction of sp³-hybridized carbons (Fsp3) is 0.900. The van der Waals surface area contributed by atoms with Crippen molar-refractivity contribution in [3.8, 4) is 0 Å². The first-order valence-corrected chi connectivity index (χ1v) is 7.24. The molecule has 6 nitrogen and oxygen atoms in total. The topological polar surface area (TPSA) is 104 Å². The predicted octanol–water partition coefficient (Wildman–Crippen LogP) is 0.0160. The SMILES string of the molecule is O=C(OCCCS(=O)(=O)[O-])C1CCC(O)CC1. The molecule has 1 rings (SSSR count). The van der Waals surface area contributed by atoms with Gasteiger partial charge in [-0.3, -0.25) is 4.79 Å². The molecule has 100 valence electrons. The van der Waals surface area contributed by atoms with E-state index in [1.165, 1.54) is 0 Å². The number of hydrogen-bond donors (Lipinski definition) is 1. The second-order valence-electron chi connectivity index (χ2n) is 4.29. The minimum Gasteiger partial charge on any atom is -0.748 e. The lowest BCUT2D eigenvalue weighted by Crippen LogP contribution is -2.26. The van der Waals surface area contributed by atoms with Crippen LogP contribution in [0.5, 0.6) is 0 Å². The summed E-state index contributed by atoms with van der Waals surface area (Å²) in [6, 6.07) is 0. The van der Waals surface area contributed by atoms with Crippen LogP contribution in [0.25, 0.3) is 0 Å². The molecular weight excluding hydrogens is 248 g/mol. The highest BCUT2D eigenvalue weighted by molar-refractivity contribution is 7.85. The number of aliphatic hydroxyl groups excluding tert-OH is 1. The molecule has 0 unspecified atom stereocenters. The third-order valence-corrected chi connectivity index (χ3v) is 3.60. The fourth-order valence-electron chi connectivity index (χ4n) is 1.84. The Morgan fingerprint density at radius 3 is 2.41 bits per heavy atom. The number of carbonyl (C=O) groups is 1. The molecule has 1 fully saturated rings. The summed E-state index contributed by atoms with van der Waals surface area (Å²) in [5, 5.41) is 9.26. The molecule has 0 atom stereocenters. The van der Waals surface area contributed by atoms with E-state index in [9.17, 15) is 22.9 Å². The zero-order valence-electron chi connectivity index (χ0n) is 9.50. The monoisotopic (exact) mass is 265 g/mol. The van der Waals surface area contributed by atoms with E-state index in [0.29, 0.717) is 25.7 Å². The van der Waals surface area contributed by atoms with Gasteiger partial charge in [-0.1, -0.05) is 0 Å². The highest BCUT2D eigenvalue weighted by atomic mass is 32.2. The van der Waals surface area contributed by atoms with Crippen molar-refractivity contribution >= 4 is 16.1 Å². The van der Waals surface area contributed by atoms with Gasteiger partial charge in [-0.05, 0) is 32.1 Å². The van der Waals surface area contributed by atoms with Crippen molar-refractivity contribution in [3.63, 3.8) is 0 Å². The van der Waals surface area contributed by atoms with Gasteiger partial charge in [0.15, 0.2) is 0 Å². The van der Waals surface area contributed by atoms with E-state index in [4.69, 9.17) is 4.74 Å². The third-order valence-electron chi connectivity index (χ3n) is 2.81. The Bertz CT molecular complexity index is 342. The van der Waals surface area contributed by atoms with Gasteiger partial charge in [0.2, 0.25) is 0 Å². The summed E-state index contributed by atoms with van der Waals surface area (Å²) in [7, 11) is -4.23. The molecule has 0 radical (unpaired) electrons. The van der Waals surface area contributed by atoms with Crippen molar-refractivity contribution < 1.29 is 27.6 Å². The van der Waals surface area contributed by atoms with Crippen LogP contribution >= 0.6 is 0 Å². The van der Waals surface area contributed by atoms with Gasteiger partial charge < -0.3 is 14.4 Å². The molecule has 0 spiro atoms. The number of esters is 1. The van der Waals surface area contributed by atoms with Crippen molar-refractivity contribution in [3.05, 3.63) is 0 Å². The Morgan fingerprint density at radius 2 is 1.88 bits per heavy atom. The maximum Gasteiger partial charge on any atom is 0.308 e. The first kappa shape index (κ1) is 14.4. The Labute approximate surface area is 101 Å². The fourth-order valence-corrected chi connectivity index (χ4v) is 2.31. The zero-order chi connectivity index (χ0) is 12.9. The van der Waals surface area contributed by atoms with Crippen molar-refractivity contribution in [2.24, 2.45) is 5.92 Å². The highest BCUT2D eigenvalue weighted by Crippen LogP contribution is 2.25. The average Bonchev–Trinajstić information content (AvgIpc) is 2.24. The van der Waals surface area contributed by atoms with Crippen LogP contribution in [-0.4, -0.2) is 42.5 Å². The smallest absolute Gasteiger partial charge is 0.308 e. The van der Waals surface area contributed by atoms with Crippen LogP contribution in [0.1, 0.15) is 32.1 Å². The third kappa shape index (κ3) is 5.99. The molecule has 1 saturated carbocycles. The minimum absolute atomic E-state index is 0.0346. The summed E-state index contributed by atoms with van der Waals surface area (Å²) in [6.07, 6.45) is 2.08. The van der Waals surface area contributed by atoms with Gasteiger partial charge >= 0.3 is 5.97 Å². The van der Waals surface area contributed by atoms with Crippen molar-refractivity contribution in [1.29, 1.82) is 0 Å². The second-order valence-corrected chi connectivity index (χ2v) is 5.81. The molecule has 1 aliphatic carbocycles. The Balaban J connectivity index is 2.17. The van der Waals surface area contributed by atoms with E-state index in [1.807, 2.05) is 0 Å². The first-order valence-electron chi connectivity index (χ1n) is 5.67. The second kappa shape index (κ2) is 6.32. The van der Waals surface area contributed by atoms with E-state index in [-0.39, 0.29) is 31.0 Å². The molecule has 0 aliphatic heterocycles. The summed E-state index contributed by atoms with van der Waals surface area (Å²) >= 11 is 0. The summed E-state index contributed by atoms with van der Waals surface area (Å²) in [5.74, 6) is -1.08. The number of carbonyl (C=O) groups excluding carboxylic acids is 1. The van der Waals surface area contributed by atoms with Crippen LogP contribution < -0.4 is 0 Å². The zero-order valence-corrected chi connectivity index (χ0v) is 10.3. The highest BCUT2D eigenvalue weighted by Gasteiger charge is 2.26. The number of ether oxygens (including phenoxy) is 1. The number of hydrogen-bond acceptors (Lipinski definition) is 6. The Morgan fingerprint density at radius 1 is 1.29 bits per heavy atom. The summed E-state index contributed by atoms with van der Waals surface area (Å²) in [4.78, 5) is 11.5. The molecule has 0 aromatic heterocycles. The molecule has 0 saturated heterocycles. The van der Waals surface area contributed by atoms with Crippen LogP contribution in [0.3, 0.4) is 0 Å². The van der Waals surface area contributed by atoms with Gasteiger partial charge in [-0.15, -0.1) is 0 Å². The maximum atomic E-state index is 11.5. The molecule has 17 heavy (non-hydrogen) atoms. The standard InChI is InChI=1S/C10H18O6S/c11-9-4-2-8(3-5-9)10(12)16-6-1-7-17(13,14)15/h8-9,11H,1-7H2,(H,13,14,15)/p-1. The molecule has 0 aromatic carbocycles. The quantitative estimate of drug-likeness (QED) is 0.427. The van der Waals surface area contributed by atoms with E-state index < -0.39 is 15.9 Å². The van der Waals surface area contributed by atoms with Gasteiger partial charge in [0.25, 0.3) is 0 Å². The van der Waals surface area contributed by atoms with Gasteiger partial charge in [-0.25, -0.2) is 8.42 Å². The van der Waals surface area contributed by atoms with Crippen LogP contribution in [0.15, 0.2) is 0 Å². The van der Waals surface area contributed by atoms with E-state index >= 15 is 0 Å². The molecule has 0 aromatic rings. The van der Waals surface area contributed by atoms with Crippen molar-refractivity contribution in [2.75, 3.05) is 12.4 Å². The predicted molar refractivity (Wildman–Crippen MR) is 58.1 cm³/mol. The van der Waals surface area contributed by atoms with E-state index in [2.05, 4.69) is 0 Å². The lowest BCUT2D eigenvalue weighted by atomic mass is 9.87. The number of aliphatic hydroxyl groups is 1. The lowest BCUT2D eigenvalue weighted by Gasteiger charge is -2.23. The van der Waals surface area contributed by atoms with Gasteiger partial charge in [0.1, 0.15) is 0 Å². The molecule has 0 amide bonds.